The van der Waals surface area contributed by atoms with E-state index in [0.717, 1.165) is 74.4 Å². The molecule has 2 amide bonds. The first-order chi connectivity index (χ1) is 19.8. The van der Waals surface area contributed by atoms with Crippen LogP contribution in [0.5, 0.6) is 11.5 Å². The summed E-state index contributed by atoms with van der Waals surface area (Å²) < 4.78 is 11.5. The molecule has 0 aromatic heterocycles. The number of fused-ring (bicyclic) bond motifs is 1. The Morgan fingerprint density at radius 2 is 1.85 bits per heavy atom. The Morgan fingerprint density at radius 1 is 1.10 bits per heavy atom. The van der Waals surface area contributed by atoms with Gasteiger partial charge in [0.25, 0.3) is 0 Å². The van der Waals surface area contributed by atoms with Crippen LogP contribution in [0.4, 0.5) is 0 Å². The number of methoxy groups -OCH3 is 1. The second-order valence-electron chi connectivity index (χ2n) is 11.5. The molecule has 2 heterocycles. The van der Waals surface area contributed by atoms with Crippen LogP contribution in [0, 0.1) is 11.8 Å². The maximum Gasteiger partial charge on any atom is 0.306 e. The summed E-state index contributed by atoms with van der Waals surface area (Å²) in [5.74, 6) is 1.03. The molecule has 1 saturated carbocycles. The van der Waals surface area contributed by atoms with Gasteiger partial charge < -0.3 is 14.6 Å². The highest BCUT2D eigenvalue weighted by atomic mass is 16.5. The zero-order chi connectivity index (χ0) is 28.9. The summed E-state index contributed by atoms with van der Waals surface area (Å²) in [4.78, 5) is 39.1. The van der Waals surface area contributed by atoms with Gasteiger partial charge in [0.05, 0.1) is 19.6 Å². The lowest BCUT2D eigenvalue weighted by atomic mass is 9.81. The number of likely N-dealkylation sites (tertiary alicyclic amines) is 1. The van der Waals surface area contributed by atoms with E-state index < -0.39 is 5.97 Å². The Balaban J connectivity index is 1.32. The number of rotatable bonds is 11. The normalized spacial score (nSPS) is 21.4. The number of carbonyl (C=O) groups is 3. The average Bonchev–Trinajstić information content (AvgIpc) is 3.58. The predicted molar refractivity (Wildman–Crippen MR) is 156 cm³/mol. The van der Waals surface area contributed by atoms with Crippen LogP contribution in [0.3, 0.4) is 0 Å². The molecule has 1 saturated heterocycles. The van der Waals surface area contributed by atoms with E-state index in [1.807, 2.05) is 18.2 Å². The molecule has 0 radical (unpaired) electrons. The number of carboxylic acid groups (broad SMARTS) is 1. The molecule has 1 unspecified atom stereocenters. The maximum absolute atomic E-state index is 11.9. The number of hydrogen-bond acceptors (Lipinski definition) is 6. The molecule has 2 aromatic carbocycles. The molecule has 1 aliphatic carbocycles. The van der Waals surface area contributed by atoms with Gasteiger partial charge in [-0.05, 0) is 67.3 Å². The van der Waals surface area contributed by atoms with E-state index in [1.54, 1.807) is 7.11 Å². The van der Waals surface area contributed by atoms with E-state index >= 15 is 0 Å². The lowest BCUT2D eigenvalue weighted by molar-refractivity contribution is -0.143. The number of carboxylic acids is 1. The summed E-state index contributed by atoms with van der Waals surface area (Å²) in [5.41, 5.74) is 4.53. The van der Waals surface area contributed by atoms with Crippen LogP contribution in [0.15, 0.2) is 42.5 Å². The number of ether oxygens (including phenoxy) is 2. The van der Waals surface area contributed by atoms with Crippen molar-refractivity contribution in [2.75, 3.05) is 26.8 Å². The Kier molecular flexibility index (Phi) is 9.08. The van der Waals surface area contributed by atoms with Gasteiger partial charge in [-0.15, -0.1) is 0 Å². The van der Waals surface area contributed by atoms with E-state index in [0.29, 0.717) is 18.8 Å². The van der Waals surface area contributed by atoms with Crippen LogP contribution in [-0.2, 0) is 27.3 Å². The smallest absolute Gasteiger partial charge is 0.306 e. The first-order valence-electron chi connectivity index (χ1n) is 14.7. The minimum absolute atomic E-state index is 0.122. The minimum Gasteiger partial charge on any atom is -0.496 e. The number of carbonyl (C=O) groups excluding carboxylic acids is 2. The van der Waals surface area contributed by atoms with Crippen molar-refractivity contribution >= 4 is 23.9 Å². The zero-order valence-corrected chi connectivity index (χ0v) is 24.0. The lowest BCUT2D eigenvalue weighted by Crippen LogP contribution is -2.34. The summed E-state index contributed by atoms with van der Waals surface area (Å²) in [6, 6.07) is 12.9. The van der Waals surface area contributed by atoms with Gasteiger partial charge in [0.2, 0.25) is 11.8 Å². The van der Waals surface area contributed by atoms with Gasteiger partial charge in [-0.25, -0.2) is 0 Å². The molecule has 2 fully saturated rings. The molecular formula is C33H40N2O6. The van der Waals surface area contributed by atoms with Crippen molar-refractivity contribution in [3.8, 4) is 11.5 Å². The largest absolute Gasteiger partial charge is 0.496 e. The third-order valence-electron chi connectivity index (χ3n) is 8.86. The maximum atomic E-state index is 11.9. The molecule has 1 atom stereocenters. The summed E-state index contributed by atoms with van der Waals surface area (Å²) in [6.45, 7) is 4.86. The SMILES string of the molecule is COc1cc(CN(CC2CCC(C(=O)O)CC2)C(C)c2ccc3c(c2)CCO3)ccc1/C=C/CN1C(=O)CCC1=O. The van der Waals surface area contributed by atoms with Gasteiger partial charge in [-0.1, -0.05) is 36.4 Å². The fourth-order valence-corrected chi connectivity index (χ4v) is 6.30. The summed E-state index contributed by atoms with van der Waals surface area (Å²) in [5, 5.41) is 9.45. The molecule has 8 heteroatoms. The van der Waals surface area contributed by atoms with E-state index in [1.165, 1.54) is 16.0 Å². The lowest BCUT2D eigenvalue weighted by Gasteiger charge is -2.35. The van der Waals surface area contributed by atoms with Crippen molar-refractivity contribution in [2.45, 2.75) is 64.5 Å². The van der Waals surface area contributed by atoms with E-state index in [4.69, 9.17) is 9.47 Å². The van der Waals surface area contributed by atoms with Gasteiger partial charge in [-0.2, -0.15) is 0 Å². The molecule has 0 bridgehead atoms. The van der Waals surface area contributed by atoms with Crippen LogP contribution in [0.25, 0.3) is 6.08 Å². The quantitative estimate of drug-likeness (QED) is 0.375. The summed E-state index contributed by atoms with van der Waals surface area (Å²) in [7, 11) is 1.65. The van der Waals surface area contributed by atoms with Gasteiger partial charge in [0.15, 0.2) is 0 Å². The van der Waals surface area contributed by atoms with Crippen LogP contribution in [0.1, 0.15) is 73.7 Å². The average molecular weight is 561 g/mol. The number of aliphatic carboxylic acids is 1. The number of amides is 2. The fraction of sp³-hybridized carbons (Fsp3) is 0.485. The third kappa shape index (κ3) is 6.81. The van der Waals surface area contributed by atoms with E-state index in [-0.39, 0.29) is 30.3 Å². The van der Waals surface area contributed by atoms with E-state index in [9.17, 15) is 19.5 Å². The predicted octanol–water partition coefficient (Wildman–Crippen LogP) is 5.25. The van der Waals surface area contributed by atoms with Crippen molar-refractivity contribution in [1.29, 1.82) is 0 Å². The molecule has 8 nitrogen and oxygen atoms in total. The third-order valence-corrected chi connectivity index (χ3v) is 8.86. The van der Waals surface area contributed by atoms with Gasteiger partial charge >= 0.3 is 5.97 Å². The standard InChI is InChI=1S/C33H40N2O6/c1-22(27-11-12-29-28(19-27)15-17-41-29)34(20-23-5-9-26(10-6-23)33(38)39)21-24-7-8-25(30(18-24)40-2)4-3-16-35-31(36)13-14-32(35)37/h3-4,7-8,11-12,18-19,22-23,26H,5-6,9-10,13-17,20-21H2,1-2H3,(H,38,39)/b4-3+. The first-order valence-corrected chi connectivity index (χ1v) is 14.7. The monoisotopic (exact) mass is 560 g/mol. The highest BCUT2D eigenvalue weighted by molar-refractivity contribution is 6.02. The van der Waals surface area contributed by atoms with Crippen molar-refractivity contribution in [1.82, 2.24) is 9.80 Å². The van der Waals surface area contributed by atoms with Crippen molar-refractivity contribution in [3.63, 3.8) is 0 Å². The first kappa shape index (κ1) is 28.9. The second kappa shape index (κ2) is 12.9. The number of nitrogens with zero attached hydrogens (tertiary/aromatic N) is 2. The van der Waals surface area contributed by atoms with Crippen molar-refractivity contribution < 1.29 is 29.0 Å². The highest BCUT2D eigenvalue weighted by Crippen LogP contribution is 2.35. The second-order valence-corrected chi connectivity index (χ2v) is 11.5. The molecule has 218 valence electrons. The van der Waals surface area contributed by atoms with Gasteiger partial charge in [-0.3, -0.25) is 24.2 Å². The van der Waals surface area contributed by atoms with Crippen LogP contribution >= 0.6 is 0 Å². The number of imide groups is 1. The molecule has 2 aromatic rings. The van der Waals surface area contributed by atoms with E-state index in [2.05, 4.69) is 42.2 Å². The van der Waals surface area contributed by atoms with Crippen LogP contribution in [-0.4, -0.2) is 59.5 Å². The van der Waals surface area contributed by atoms with Gasteiger partial charge in [0.1, 0.15) is 11.5 Å². The summed E-state index contributed by atoms with van der Waals surface area (Å²) in [6.07, 6.45) is 8.57. The summed E-state index contributed by atoms with van der Waals surface area (Å²) >= 11 is 0. The Morgan fingerprint density at radius 3 is 2.56 bits per heavy atom. The van der Waals surface area contributed by atoms with Crippen molar-refractivity contribution in [3.05, 3.63) is 64.7 Å². The van der Waals surface area contributed by atoms with Gasteiger partial charge in [0, 0.05) is 50.5 Å². The number of benzene rings is 2. The molecule has 5 rings (SSSR count). The molecular weight excluding hydrogens is 520 g/mol. The molecule has 0 spiro atoms. The minimum atomic E-state index is -0.672. The molecule has 1 N–H and O–H groups in total. The molecule has 2 aliphatic heterocycles. The Labute approximate surface area is 241 Å². The zero-order valence-electron chi connectivity index (χ0n) is 24.0. The van der Waals surface area contributed by atoms with Crippen LogP contribution < -0.4 is 9.47 Å². The highest BCUT2D eigenvalue weighted by Gasteiger charge is 2.29. The Hall–Kier alpha value is -3.65. The number of hydrogen-bond donors (Lipinski definition) is 1. The Bertz CT molecular complexity index is 1300. The topological polar surface area (TPSA) is 96.4 Å². The molecule has 3 aliphatic rings. The fourth-order valence-electron chi connectivity index (χ4n) is 6.30. The molecule has 41 heavy (non-hydrogen) atoms. The van der Waals surface area contributed by atoms with Crippen molar-refractivity contribution in [2.24, 2.45) is 11.8 Å². The van der Waals surface area contributed by atoms with Crippen LogP contribution in [0.2, 0.25) is 0 Å².